The van der Waals surface area contributed by atoms with Gasteiger partial charge in [-0.2, -0.15) is 4.39 Å². The number of aryl methyl sites for hydroxylation is 2. The van der Waals surface area contributed by atoms with Gasteiger partial charge in [0.25, 0.3) is 0 Å². The molecule has 104 valence electrons. The molecule has 2 aromatic carbocycles. The van der Waals surface area contributed by atoms with Crippen LogP contribution in [0.3, 0.4) is 0 Å². The standard InChI is InChI=1S/C15H14FNO2S/c1-10-3-6-15(11(2)7-10)20-9-12-4-5-14(17(18)19)13(16)8-12/h3-8H,9H2,1-2H3. The summed E-state index contributed by atoms with van der Waals surface area (Å²) >= 11 is 1.60. The summed E-state index contributed by atoms with van der Waals surface area (Å²) in [4.78, 5) is 11.0. The van der Waals surface area contributed by atoms with E-state index in [1.165, 1.54) is 23.3 Å². The molecular weight excluding hydrogens is 277 g/mol. The zero-order valence-electron chi connectivity index (χ0n) is 11.2. The molecule has 3 nitrogen and oxygen atoms in total. The summed E-state index contributed by atoms with van der Waals surface area (Å²) in [6, 6.07) is 10.2. The second-order valence-corrected chi connectivity index (χ2v) is 5.62. The van der Waals surface area contributed by atoms with Gasteiger partial charge in [0.15, 0.2) is 0 Å². The predicted octanol–water partition coefficient (Wildman–Crippen LogP) is 4.64. The molecule has 2 rings (SSSR count). The van der Waals surface area contributed by atoms with E-state index >= 15 is 0 Å². The molecule has 0 bridgehead atoms. The van der Waals surface area contributed by atoms with Crippen molar-refractivity contribution in [1.29, 1.82) is 0 Å². The van der Waals surface area contributed by atoms with Crippen molar-refractivity contribution < 1.29 is 9.31 Å². The number of halogens is 1. The van der Waals surface area contributed by atoms with E-state index < -0.39 is 16.4 Å². The second kappa shape index (κ2) is 6.05. The molecule has 0 fully saturated rings. The Morgan fingerprint density at radius 2 is 1.95 bits per heavy atom. The first kappa shape index (κ1) is 14.5. The fraction of sp³-hybridized carbons (Fsp3) is 0.200. The van der Waals surface area contributed by atoms with E-state index in [1.807, 2.05) is 26.0 Å². The number of thioether (sulfide) groups is 1. The first-order chi connectivity index (χ1) is 9.47. The molecule has 0 unspecified atom stereocenters. The third-order valence-electron chi connectivity index (χ3n) is 2.93. The summed E-state index contributed by atoms with van der Waals surface area (Å²) in [6.07, 6.45) is 0. The minimum atomic E-state index is -0.784. The lowest BCUT2D eigenvalue weighted by atomic mass is 10.2. The van der Waals surface area contributed by atoms with Gasteiger partial charge in [0.2, 0.25) is 5.82 Å². The first-order valence-electron chi connectivity index (χ1n) is 6.10. The van der Waals surface area contributed by atoms with Crippen LogP contribution in [0, 0.1) is 29.8 Å². The summed E-state index contributed by atoms with van der Waals surface area (Å²) < 4.78 is 13.5. The van der Waals surface area contributed by atoms with E-state index in [1.54, 1.807) is 17.8 Å². The van der Waals surface area contributed by atoms with Crippen LogP contribution in [0.1, 0.15) is 16.7 Å². The zero-order valence-corrected chi connectivity index (χ0v) is 12.0. The van der Waals surface area contributed by atoms with Crippen molar-refractivity contribution in [2.24, 2.45) is 0 Å². The van der Waals surface area contributed by atoms with Gasteiger partial charge < -0.3 is 0 Å². The normalized spacial score (nSPS) is 10.6. The van der Waals surface area contributed by atoms with Crippen LogP contribution in [0.25, 0.3) is 0 Å². The minimum absolute atomic E-state index is 0.481. The molecule has 5 heteroatoms. The van der Waals surface area contributed by atoms with Crippen molar-refractivity contribution in [3.63, 3.8) is 0 Å². The Labute approximate surface area is 121 Å². The summed E-state index contributed by atoms with van der Waals surface area (Å²) in [5.74, 6) is -0.201. The van der Waals surface area contributed by atoms with Gasteiger partial charge in [0, 0.05) is 16.7 Å². The summed E-state index contributed by atoms with van der Waals surface area (Å²) in [7, 11) is 0. The molecule has 0 saturated heterocycles. The van der Waals surface area contributed by atoms with Crippen LogP contribution in [-0.2, 0) is 5.75 Å². The van der Waals surface area contributed by atoms with Gasteiger partial charge in [0.05, 0.1) is 4.92 Å². The molecule has 20 heavy (non-hydrogen) atoms. The molecule has 2 aromatic rings. The predicted molar refractivity (Wildman–Crippen MR) is 78.5 cm³/mol. The van der Waals surface area contributed by atoms with E-state index in [9.17, 15) is 14.5 Å². The molecule has 0 saturated carbocycles. The summed E-state index contributed by atoms with van der Waals surface area (Å²) in [6.45, 7) is 4.07. The SMILES string of the molecule is Cc1ccc(SCc2ccc([N+](=O)[O-])c(F)c2)c(C)c1. The molecule has 0 aliphatic rings. The van der Waals surface area contributed by atoms with Crippen LogP contribution in [0.2, 0.25) is 0 Å². The zero-order chi connectivity index (χ0) is 14.7. The van der Waals surface area contributed by atoms with Gasteiger partial charge in [-0.1, -0.05) is 23.8 Å². The second-order valence-electron chi connectivity index (χ2n) is 4.60. The highest BCUT2D eigenvalue weighted by molar-refractivity contribution is 7.98. The van der Waals surface area contributed by atoms with Crippen LogP contribution < -0.4 is 0 Å². The fourth-order valence-electron chi connectivity index (χ4n) is 1.91. The van der Waals surface area contributed by atoms with E-state index in [0.29, 0.717) is 5.75 Å². The molecular formula is C15H14FNO2S. The molecule has 0 heterocycles. The molecule has 0 aliphatic heterocycles. The number of hydrogen-bond donors (Lipinski definition) is 0. The Bertz CT molecular complexity index is 658. The number of nitro groups is 1. The van der Waals surface area contributed by atoms with Crippen LogP contribution in [-0.4, -0.2) is 4.92 Å². The number of nitrogens with zero attached hydrogens (tertiary/aromatic N) is 1. The molecule has 0 spiro atoms. The Morgan fingerprint density at radius 3 is 2.55 bits per heavy atom. The van der Waals surface area contributed by atoms with Crippen LogP contribution >= 0.6 is 11.8 Å². The third kappa shape index (κ3) is 3.36. The van der Waals surface area contributed by atoms with Crippen LogP contribution in [0.15, 0.2) is 41.3 Å². The maximum absolute atomic E-state index is 13.5. The Balaban J connectivity index is 2.11. The van der Waals surface area contributed by atoms with Gasteiger partial charge in [-0.25, -0.2) is 0 Å². The lowest BCUT2D eigenvalue weighted by Crippen LogP contribution is -1.93. The Morgan fingerprint density at radius 1 is 1.20 bits per heavy atom. The van der Waals surface area contributed by atoms with Crippen molar-refractivity contribution in [2.45, 2.75) is 24.5 Å². The third-order valence-corrected chi connectivity index (χ3v) is 4.18. The molecule has 0 N–H and O–H groups in total. The molecule has 0 radical (unpaired) electrons. The highest BCUT2D eigenvalue weighted by Gasteiger charge is 2.13. The van der Waals surface area contributed by atoms with Crippen LogP contribution in [0.5, 0.6) is 0 Å². The lowest BCUT2D eigenvalue weighted by Gasteiger charge is -2.07. The van der Waals surface area contributed by atoms with E-state index in [-0.39, 0.29) is 0 Å². The van der Waals surface area contributed by atoms with Gasteiger partial charge in [-0.05, 0) is 37.1 Å². The van der Waals surface area contributed by atoms with Gasteiger partial charge in [-0.15, -0.1) is 11.8 Å². The van der Waals surface area contributed by atoms with Gasteiger partial charge in [-0.3, -0.25) is 10.1 Å². The van der Waals surface area contributed by atoms with Crippen molar-refractivity contribution in [2.75, 3.05) is 0 Å². The average Bonchev–Trinajstić information content (AvgIpc) is 2.37. The lowest BCUT2D eigenvalue weighted by molar-refractivity contribution is -0.387. The quantitative estimate of drug-likeness (QED) is 0.468. The smallest absolute Gasteiger partial charge is 0.258 e. The monoisotopic (exact) mass is 291 g/mol. The Hall–Kier alpha value is -1.88. The topological polar surface area (TPSA) is 43.1 Å². The maximum Gasteiger partial charge on any atom is 0.304 e. The molecule has 0 atom stereocenters. The van der Waals surface area contributed by atoms with Gasteiger partial charge >= 0.3 is 5.69 Å². The number of nitro benzene ring substituents is 1. The summed E-state index contributed by atoms with van der Waals surface area (Å²) in [5.41, 5.74) is 2.63. The average molecular weight is 291 g/mol. The highest BCUT2D eigenvalue weighted by atomic mass is 32.2. The Kier molecular flexibility index (Phi) is 4.39. The highest BCUT2D eigenvalue weighted by Crippen LogP contribution is 2.28. The number of hydrogen-bond acceptors (Lipinski definition) is 3. The minimum Gasteiger partial charge on any atom is -0.258 e. The maximum atomic E-state index is 13.5. The van der Waals surface area contributed by atoms with Crippen molar-refractivity contribution in [3.8, 4) is 0 Å². The van der Waals surface area contributed by atoms with Gasteiger partial charge in [0.1, 0.15) is 0 Å². The number of rotatable bonds is 4. The molecule has 0 aromatic heterocycles. The molecule has 0 aliphatic carbocycles. The van der Waals surface area contributed by atoms with Crippen LogP contribution in [0.4, 0.5) is 10.1 Å². The largest absolute Gasteiger partial charge is 0.304 e. The van der Waals surface area contributed by atoms with Crippen molar-refractivity contribution in [1.82, 2.24) is 0 Å². The van der Waals surface area contributed by atoms with E-state index in [4.69, 9.17) is 0 Å². The van der Waals surface area contributed by atoms with Crippen molar-refractivity contribution in [3.05, 3.63) is 69.0 Å². The summed E-state index contributed by atoms with van der Waals surface area (Å²) in [5, 5.41) is 10.5. The van der Waals surface area contributed by atoms with E-state index in [0.717, 1.165) is 10.5 Å². The van der Waals surface area contributed by atoms with E-state index in [2.05, 4.69) is 6.07 Å². The molecule has 0 amide bonds. The number of benzene rings is 2. The fourth-order valence-corrected chi connectivity index (χ4v) is 2.86. The first-order valence-corrected chi connectivity index (χ1v) is 7.09. The van der Waals surface area contributed by atoms with Crippen molar-refractivity contribution >= 4 is 17.4 Å².